The number of hydrogen-bond acceptors (Lipinski definition) is 4. The van der Waals surface area contributed by atoms with Gasteiger partial charge in [-0.05, 0) is 19.1 Å². The fraction of sp³-hybridized carbons (Fsp3) is 0.467. The Bertz CT molecular complexity index is 607. The van der Waals surface area contributed by atoms with Crippen molar-refractivity contribution in [1.29, 1.82) is 0 Å². The van der Waals surface area contributed by atoms with Gasteiger partial charge < -0.3 is 19.7 Å². The number of nitrogens with zero attached hydrogens (tertiary/aromatic N) is 1. The highest BCUT2D eigenvalue weighted by Gasteiger charge is 2.44. The van der Waals surface area contributed by atoms with Crippen molar-refractivity contribution < 1.29 is 32.2 Å². The van der Waals surface area contributed by atoms with E-state index in [0.29, 0.717) is 0 Å². The van der Waals surface area contributed by atoms with Gasteiger partial charge in [-0.15, -0.1) is 0 Å². The minimum atomic E-state index is -4.54. The molecule has 0 saturated carbocycles. The zero-order valence-corrected chi connectivity index (χ0v) is 12.9. The number of carbonyl (C=O) groups excluding carboxylic acids is 2. The summed E-state index contributed by atoms with van der Waals surface area (Å²) in [6.07, 6.45) is -6.56. The van der Waals surface area contributed by atoms with Crippen LogP contribution in [-0.4, -0.2) is 55.5 Å². The molecule has 1 saturated heterocycles. The maximum absolute atomic E-state index is 12.7. The number of esters is 1. The Labute approximate surface area is 136 Å². The van der Waals surface area contributed by atoms with E-state index in [2.05, 4.69) is 10.1 Å². The van der Waals surface area contributed by atoms with E-state index in [1.807, 2.05) is 0 Å². The first-order chi connectivity index (χ1) is 11.3. The molecule has 1 aliphatic rings. The average Bonchev–Trinajstić information content (AvgIpc) is 2.55. The first-order valence-electron chi connectivity index (χ1n) is 7.33. The van der Waals surface area contributed by atoms with Gasteiger partial charge in [0.15, 0.2) is 6.10 Å². The van der Waals surface area contributed by atoms with Crippen LogP contribution in [0.4, 0.5) is 23.7 Å². The molecule has 2 amide bonds. The number of hydrogen-bond donors (Lipinski definition) is 1. The highest BCUT2D eigenvalue weighted by Crippen LogP contribution is 2.26. The largest absolute Gasteiger partial charge is 0.462 e. The zero-order chi connectivity index (χ0) is 17.7. The minimum absolute atomic E-state index is 0.0278. The normalized spacial score (nSPS) is 18.2. The molecule has 6 nitrogen and oxygen atoms in total. The molecule has 1 aliphatic heterocycles. The number of nitrogens with one attached hydrogen (secondary N) is 1. The predicted octanol–water partition coefficient (Wildman–Crippen LogP) is 2.66. The number of halogens is 3. The molecule has 0 radical (unpaired) electrons. The Hall–Kier alpha value is -2.29. The smallest absolute Gasteiger partial charge is 0.416 e. The van der Waals surface area contributed by atoms with Crippen LogP contribution in [-0.2, 0) is 9.47 Å². The topological polar surface area (TPSA) is 67.9 Å². The minimum Gasteiger partial charge on any atom is -0.462 e. The number of morpholine rings is 1. The Morgan fingerprint density at radius 1 is 1.38 bits per heavy atom. The van der Waals surface area contributed by atoms with Crippen molar-refractivity contribution in [2.24, 2.45) is 0 Å². The lowest BCUT2D eigenvalue weighted by molar-refractivity contribution is -0.233. The second kappa shape index (κ2) is 7.52. The van der Waals surface area contributed by atoms with Crippen molar-refractivity contribution in [1.82, 2.24) is 4.90 Å². The van der Waals surface area contributed by atoms with Gasteiger partial charge in [0.05, 0.1) is 31.0 Å². The van der Waals surface area contributed by atoms with Gasteiger partial charge in [-0.25, -0.2) is 9.59 Å². The number of amides is 2. The van der Waals surface area contributed by atoms with Gasteiger partial charge in [-0.2, -0.15) is 13.2 Å². The molecule has 1 N–H and O–H groups in total. The number of anilines is 1. The number of carbonyl (C=O) groups is 2. The van der Waals surface area contributed by atoms with Crippen LogP contribution < -0.4 is 5.32 Å². The second-order valence-corrected chi connectivity index (χ2v) is 5.04. The van der Waals surface area contributed by atoms with E-state index in [1.165, 1.54) is 12.1 Å². The quantitative estimate of drug-likeness (QED) is 0.855. The lowest BCUT2D eigenvalue weighted by atomic mass is 10.2. The summed E-state index contributed by atoms with van der Waals surface area (Å²) >= 11 is 0. The summed E-state index contributed by atoms with van der Waals surface area (Å²) in [7, 11) is 0. The molecule has 1 heterocycles. The molecule has 1 unspecified atom stereocenters. The number of ether oxygens (including phenoxy) is 2. The van der Waals surface area contributed by atoms with Gasteiger partial charge >= 0.3 is 18.2 Å². The molecule has 1 atom stereocenters. The van der Waals surface area contributed by atoms with Crippen molar-refractivity contribution in [2.45, 2.75) is 19.2 Å². The van der Waals surface area contributed by atoms with Crippen LogP contribution in [0, 0.1) is 0 Å². The maximum atomic E-state index is 12.7. The van der Waals surface area contributed by atoms with Gasteiger partial charge in [-0.1, -0.05) is 12.1 Å². The molecule has 1 aromatic rings. The fourth-order valence-electron chi connectivity index (χ4n) is 2.20. The predicted molar refractivity (Wildman–Crippen MR) is 78.8 cm³/mol. The van der Waals surface area contributed by atoms with E-state index in [1.54, 1.807) is 19.1 Å². The molecule has 0 spiro atoms. The summed E-state index contributed by atoms with van der Waals surface area (Å²) in [4.78, 5) is 25.1. The van der Waals surface area contributed by atoms with Crippen molar-refractivity contribution in [3.63, 3.8) is 0 Å². The standard InChI is InChI=1S/C15H17F3N2O4/c1-2-23-13(21)10-5-3-4-6-11(10)19-14(22)20-7-8-24-12(9-20)15(16,17)18/h3-6,12H,2,7-9H2,1H3,(H,19,22). The molecule has 0 aliphatic carbocycles. The molecule has 24 heavy (non-hydrogen) atoms. The first-order valence-corrected chi connectivity index (χ1v) is 7.33. The molecule has 0 bridgehead atoms. The van der Waals surface area contributed by atoms with E-state index < -0.39 is 30.8 Å². The Balaban J connectivity index is 2.08. The molecule has 132 valence electrons. The van der Waals surface area contributed by atoms with Crippen LogP contribution >= 0.6 is 0 Å². The second-order valence-electron chi connectivity index (χ2n) is 5.04. The van der Waals surface area contributed by atoms with Crippen LogP contribution in [0.1, 0.15) is 17.3 Å². The van der Waals surface area contributed by atoms with Gasteiger partial charge in [0.25, 0.3) is 0 Å². The highest BCUT2D eigenvalue weighted by molar-refractivity contribution is 6.00. The van der Waals surface area contributed by atoms with Crippen LogP contribution in [0.5, 0.6) is 0 Å². The van der Waals surface area contributed by atoms with Crippen LogP contribution in [0.25, 0.3) is 0 Å². The Morgan fingerprint density at radius 3 is 2.75 bits per heavy atom. The van der Waals surface area contributed by atoms with Crippen molar-refractivity contribution in [3.05, 3.63) is 29.8 Å². The van der Waals surface area contributed by atoms with Crippen LogP contribution in [0.2, 0.25) is 0 Å². The molecule has 2 rings (SSSR count). The molecule has 1 aromatic carbocycles. The van der Waals surface area contributed by atoms with E-state index >= 15 is 0 Å². The zero-order valence-electron chi connectivity index (χ0n) is 12.9. The lowest BCUT2D eigenvalue weighted by Gasteiger charge is -2.33. The van der Waals surface area contributed by atoms with Crippen LogP contribution in [0.15, 0.2) is 24.3 Å². The summed E-state index contributed by atoms with van der Waals surface area (Å²) < 4.78 is 47.7. The summed E-state index contributed by atoms with van der Waals surface area (Å²) in [6.45, 7) is 1.02. The molecular formula is C15H17F3N2O4. The van der Waals surface area contributed by atoms with E-state index in [0.717, 1.165) is 4.90 Å². The van der Waals surface area contributed by atoms with Gasteiger partial charge in [0.2, 0.25) is 0 Å². The summed E-state index contributed by atoms with van der Waals surface area (Å²) in [5.74, 6) is -0.622. The summed E-state index contributed by atoms with van der Waals surface area (Å²) in [5, 5.41) is 2.45. The lowest BCUT2D eigenvalue weighted by Crippen LogP contribution is -2.52. The number of rotatable bonds is 3. The number of para-hydroxylation sites is 1. The van der Waals surface area contributed by atoms with Crippen molar-refractivity contribution >= 4 is 17.7 Å². The monoisotopic (exact) mass is 346 g/mol. The number of alkyl halides is 3. The Morgan fingerprint density at radius 2 is 2.08 bits per heavy atom. The van der Waals surface area contributed by atoms with Crippen molar-refractivity contribution in [2.75, 3.05) is 31.6 Å². The first kappa shape index (κ1) is 18.1. The Kier molecular flexibility index (Phi) is 5.66. The molecule has 9 heteroatoms. The fourth-order valence-corrected chi connectivity index (χ4v) is 2.20. The van der Waals surface area contributed by atoms with E-state index in [4.69, 9.17) is 4.74 Å². The van der Waals surface area contributed by atoms with Crippen molar-refractivity contribution in [3.8, 4) is 0 Å². The SMILES string of the molecule is CCOC(=O)c1ccccc1NC(=O)N1CCOC(C(F)(F)F)C1. The third-order valence-electron chi connectivity index (χ3n) is 3.38. The number of benzene rings is 1. The maximum Gasteiger partial charge on any atom is 0.416 e. The molecule has 1 fully saturated rings. The van der Waals surface area contributed by atoms with Crippen LogP contribution in [0.3, 0.4) is 0 Å². The third-order valence-corrected chi connectivity index (χ3v) is 3.38. The highest BCUT2D eigenvalue weighted by atomic mass is 19.4. The molecular weight excluding hydrogens is 329 g/mol. The van der Waals surface area contributed by atoms with E-state index in [9.17, 15) is 22.8 Å². The number of urea groups is 1. The third kappa shape index (κ3) is 4.38. The summed E-state index contributed by atoms with van der Waals surface area (Å²) in [5.41, 5.74) is 0.310. The summed E-state index contributed by atoms with van der Waals surface area (Å²) in [6, 6.07) is 5.40. The van der Waals surface area contributed by atoms with E-state index in [-0.39, 0.29) is 31.0 Å². The van der Waals surface area contributed by atoms with Gasteiger partial charge in [-0.3, -0.25) is 0 Å². The average molecular weight is 346 g/mol. The van der Waals surface area contributed by atoms with Gasteiger partial charge in [0, 0.05) is 6.54 Å². The van der Waals surface area contributed by atoms with Gasteiger partial charge in [0.1, 0.15) is 0 Å². The molecule has 0 aromatic heterocycles.